The van der Waals surface area contributed by atoms with Crippen LogP contribution in [-0.2, 0) is 4.79 Å². The maximum atomic E-state index is 16.0. The van der Waals surface area contributed by atoms with Crippen molar-refractivity contribution in [3.8, 4) is 5.75 Å². The highest BCUT2D eigenvalue weighted by Crippen LogP contribution is 2.43. The zero-order valence-electron chi connectivity index (χ0n) is 21.1. The molecule has 36 heavy (non-hydrogen) atoms. The number of likely N-dealkylation sites (tertiary alicyclic amines) is 1. The molecule has 0 bridgehead atoms. The molecule has 0 radical (unpaired) electrons. The molecule has 0 saturated carbocycles. The zero-order chi connectivity index (χ0) is 25.7. The molecule has 0 aliphatic carbocycles. The van der Waals surface area contributed by atoms with Crippen molar-refractivity contribution in [1.29, 1.82) is 0 Å². The number of hydrogen-bond acceptors (Lipinski definition) is 7. The number of carboxylic acid groups (broad SMARTS) is 1. The van der Waals surface area contributed by atoms with Crippen LogP contribution in [0.25, 0.3) is 10.9 Å². The van der Waals surface area contributed by atoms with Crippen molar-refractivity contribution < 1.29 is 19.0 Å². The zero-order valence-corrected chi connectivity index (χ0v) is 22.7. The number of alkyl halides is 1. The summed E-state index contributed by atoms with van der Waals surface area (Å²) in [5.41, 5.74) is 1.06. The number of aliphatic carboxylic acids is 1. The number of piperidine rings is 1. The van der Waals surface area contributed by atoms with E-state index in [1.165, 1.54) is 4.21 Å². The molecule has 0 unspecified atom stereocenters. The predicted molar refractivity (Wildman–Crippen MR) is 146 cm³/mol. The molecule has 1 N–H and O–H groups in total. The second-order valence-electron chi connectivity index (χ2n) is 9.55. The Labute approximate surface area is 220 Å². The van der Waals surface area contributed by atoms with Crippen LogP contribution in [-0.4, -0.2) is 67.6 Å². The molecule has 6 nitrogen and oxygen atoms in total. The summed E-state index contributed by atoms with van der Waals surface area (Å²) in [6.45, 7) is 2.39. The van der Waals surface area contributed by atoms with E-state index in [9.17, 15) is 9.90 Å². The highest BCUT2D eigenvalue weighted by atomic mass is 32.2. The smallest absolute Gasteiger partial charge is 0.309 e. The van der Waals surface area contributed by atoms with E-state index in [1.807, 2.05) is 49.0 Å². The largest absolute Gasteiger partial charge is 0.497 e. The van der Waals surface area contributed by atoms with Crippen LogP contribution in [0.2, 0.25) is 0 Å². The lowest BCUT2D eigenvalue weighted by Gasteiger charge is -2.39. The third-order valence-corrected chi connectivity index (χ3v) is 9.29. The van der Waals surface area contributed by atoms with Crippen molar-refractivity contribution in [3.63, 3.8) is 0 Å². The van der Waals surface area contributed by atoms with Gasteiger partial charge in [-0.3, -0.25) is 9.78 Å². The molecule has 3 heterocycles. The summed E-state index contributed by atoms with van der Waals surface area (Å²) >= 11 is 3.58. The van der Waals surface area contributed by atoms with Gasteiger partial charge in [0, 0.05) is 37.3 Å². The van der Waals surface area contributed by atoms with Crippen LogP contribution >= 0.6 is 23.1 Å². The lowest BCUT2D eigenvalue weighted by molar-refractivity contribution is -0.153. The van der Waals surface area contributed by atoms with Crippen molar-refractivity contribution >= 4 is 45.7 Å². The molecule has 1 fully saturated rings. The summed E-state index contributed by atoms with van der Waals surface area (Å²) in [5.74, 6) is 0.815. The number of anilines is 1. The number of pyridine rings is 1. The van der Waals surface area contributed by atoms with Gasteiger partial charge in [0.1, 0.15) is 11.9 Å². The van der Waals surface area contributed by atoms with Gasteiger partial charge < -0.3 is 19.6 Å². The highest BCUT2D eigenvalue weighted by Gasteiger charge is 2.41. The summed E-state index contributed by atoms with van der Waals surface area (Å²) in [6.07, 6.45) is 1.93. The number of aromatic nitrogens is 1. The highest BCUT2D eigenvalue weighted by molar-refractivity contribution is 8.01. The van der Waals surface area contributed by atoms with E-state index in [0.29, 0.717) is 47.2 Å². The quantitative estimate of drug-likeness (QED) is 0.299. The van der Waals surface area contributed by atoms with Crippen molar-refractivity contribution in [2.24, 2.45) is 5.41 Å². The SMILES string of the molecule is COc1ccc2ncc(N(C)C)c([C@@H](F)CCC3(C(=O)O)CCN(CCSc4cccs4)CC3)c2c1. The molecule has 1 aliphatic rings. The van der Waals surface area contributed by atoms with E-state index in [0.717, 1.165) is 25.4 Å². The van der Waals surface area contributed by atoms with Crippen molar-refractivity contribution in [1.82, 2.24) is 9.88 Å². The molecular weight excluding hydrogens is 497 g/mol. The van der Waals surface area contributed by atoms with Crippen molar-refractivity contribution in [3.05, 3.63) is 47.5 Å². The van der Waals surface area contributed by atoms with Crippen LogP contribution in [0.4, 0.5) is 10.1 Å². The number of nitrogens with zero attached hydrogens (tertiary/aromatic N) is 3. The summed E-state index contributed by atoms with van der Waals surface area (Å²) in [6, 6.07) is 9.64. The number of ether oxygens (including phenoxy) is 1. The number of benzene rings is 1. The van der Waals surface area contributed by atoms with E-state index in [4.69, 9.17) is 4.74 Å². The molecule has 1 aliphatic heterocycles. The molecule has 1 saturated heterocycles. The molecule has 194 valence electrons. The first-order valence-corrected chi connectivity index (χ1v) is 14.1. The number of carboxylic acids is 1. The minimum Gasteiger partial charge on any atom is -0.497 e. The van der Waals surface area contributed by atoms with Gasteiger partial charge in [-0.05, 0) is 68.4 Å². The minimum atomic E-state index is -1.31. The van der Waals surface area contributed by atoms with Gasteiger partial charge in [0.25, 0.3) is 0 Å². The van der Waals surface area contributed by atoms with Gasteiger partial charge in [0.05, 0.1) is 34.1 Å². The Kier molecular flexibility index (Phi) is 8.74. The van der Waals surface area contributed by atoms with Crippen LogP contribution in [0.1, 0.15) is 37.4 Å². The Morgan fingerprint density at radius 3 is 2.75 bits per heavy atom. The number of rotatable bonds is 11. The van der Waals surface area contributed by atoms with Crippen LogP contribution in [0.5, 0.6) is 5.75 Å². The fourth-order valence-corrected chi connectivity index (χ4v) is 6.80. The first-order valence-electron chi connectivity index (χ1n) is 12.2. The lowest BCUT2D eigenvalue weighted by Crippen LogP contribution is -2.45. The van der Waals surface area contributed by atoms with Gasteiger partial charge in [-0.2, -0.15) is 0 Å². The summed E-state index contributed by atoms with van der Waals surface area (Å²) in [7, 11) is 5.32. The summed E-state index contributed by atoms with van der Waals surface area (Å²) < 4.78 is 22.7. The number of thioether (sulfide) groups is 1. The molecule has 1 atom stereocenters. The average molecular weight is 532 g/mol. The average Bonchev–Trinajstić information content (AvgIpc) is 3.40. The van der Waals surface area contributed by atoms with Gasteiger partial charge >= 0.3 is 5.97 Å². The van der Waals surface area contributed by atoms with E-state index in [-0.39, 0.29) is 6.42 Å². The van der Waals surface area contributed by atoms with Gasteiger partial charge in [0.15, 0.2) is 0 Å². The number of methoxy groups -OCH3 is 1. The number of carbonyl (C=O) groups is 1. The standard InChI is InChI=1S/C27H34FN3O3S2/c1-30(2)23-18-29-22-7-6-19(34-3)17-20(22)25(23)21(28)8-9-27(26(32)33)10-12-31(13-11-27)14-16-36-24-5-4-15-35-24/h4-7,15,17-18,21H,8-14,16H2,1-3H3,(H,32,33)/t21-/m0/s1. The van der Waals surface area contributed by atoms with Crippen LogP contribution < -0.4 is 9.64 Å². The van der Waals surface area contributed by atoms with Crippen LogP contribution in [0, 0.1) is 5.41 Å². The van der Waals surface area contributed by atoms with Gasteiger partial charge in [-0.1, -0.05) is 6.07 Å². The second kappa shape index (κ2) is 11.8. The van der Waals surface area contributed by atoms with Gasteiger partial charge in [-0.25, -0.2) is 4.39 Å². The Balaban J connectivity index is 1.44. The minimum absolute atomic E-state index is 0.150. The maximum absolute atomic E-state index is 16.0. The first-order chi connectivity index (χ1) is 17.3. The summed E-state index contributed by atoms with van der Waals surface area (Å²) in [4.78, 5) is 21.1. The topological polar surface area (TPSA) is 65.9 Å². The molecule has 4 rings (SSSR count). The Morgan fingerprint density at radius 1 is 1.33 bits per heavy atom. The second-order valence-corrected chi connectivity index (χ2v) is 11.9. The molecule has 0 amide bonds. The molecular formula is C27H34FN3O3S2. The molecule has 3 aromatic rings. The van der Waals surface area contributed by atoms with E-state index < -0.39 is 17.6 Å². The third-order valence-electron chi connectivity index (χ3n) is 7.18. The Morgan fingerprint density at radius 2 is 2.11 bits per heavy atom. The molecule has 1 aromatic carbocycles. The van der Waals surface area contributed by atoms with Crippen molar-refractivity contribution in [2.45, 2.75) is 36.1 Å². The fourth-order valence-electron chi connectivity index (χ4n) is 4.94. The maximum Gasteiger partial charge on any atom is 0.309 e. The number of thiophene rings is 1. The fraction of sp³-hybridized carbons (Fsp3) is 0.481. The van der Waals surface area contributed by atoms with E-state index in [2.05, 4.69) is 27.4 Å². The monoisotopic (exact) mass is 531 g/mol. The van der Waals surface area contributed by atoms with Gasteiger partial charge in [0.2, 0.25) is 0 Å². The van der Waals surface area contributed by atoms with Crippen molar-refractivity contribution in [2.75, 3.05) is 51.5 Å². The summed E-state index contributed by atoms with van der Waals surface area (Å²) in [5, 5.41) is 12.9. The van der Waals surface area contributed by atoms with E-state index >= 15 is 4.39 Å². The third kappa shape index (κ3) is 5.95. The van der Waals surface area contributed by atoms with Gasteiger partial charge in [-0.15, -0.1) is 23.1 Å². The number of hydrogen-bond donors (Lipinski definition) is 1. The normalized spacial score (nSPS) is 16.7. The van der Waals surface area contributed by atoms with Crippen LogP contribution in [0.15, 0.2) is 46.1 Å². The lowest BCUT2D eigenvalue weighted by atomic mass is 9.74. The molecule has 2 aromatic heterocycles. The Bertz CT molecular complexity index is 1160. The predicted octanol–water partition coefficient (Wildman–Crippen LogP) is 6.12. The molecule has 0 spiro atoms. The van der Waals surface area contributed by atoms with E-state index in [1.54, 1.807) is 24.6 Å². The number of halogens is 1. The van der Waals surface area contributed by atoms with Crippen LogP contribution in [0.3, 0.4) is 0 Å². The first kappa shape index (κ1) is 26.7. The number of fused-ring (bicyclic) bond motifs is 1. The molecule has 9 heteroatoms. The Hall–Kier alpha value is -2.36.